The standard InChI is InChI=1S/C14H19ClN2S/c1-9(2)13-8-16-14(18-13)17-10(3)11-6-4-5-7-12(11)15/h4-7,9-10,13H,8H2,1-3H3,(H,16,17). The second-order valence-corrected chi connectivity index (χ2v) is 6.57. The molecular formula is C14H19ClN2S. The van der Waals surface area contributed by atoms with Crippen LogP contribution in [0.3, 0.4) is 0 Å². The van der Waals surface area contributed by atoms with Gasteiger partial charge in [0.1, 0.15) is 0 Å². The van der Waals surface area contributed by atoms with Gasteiger partial charge in [0.05, 0.1) is 12.6 Å². The average molecular weight is 283 g/mol. The average Bonchev–Trinajstić information content (AvgIpc) is 2.78. The zero-order valence-corrected chi connectivity index (χ0v) is 12.6. The highest BCUT2D eigenvalue weighted by molar-refractivity contribution is 8.14. The van der Waals surface area contributed by atoms with Crippen molar-refractivity contribution < 1.29 is 0 Å². The summed E-state index contributed by atoms with van der Waals surface area (Å²) in [4.78, 5) is 4.56. The maximum atomic E-state index is 6.20. The molecule has 98 valence electrons. The molecule has 1 aromatic rings. The number of hydrogen-bond acceptors (Lipinski definition) is 3. The first-order valence-corrected chi connectivity index (χ1v) is 7.55. The Morgan fingerprint density at radius 2 is 2.06 bits per heavy atom. The van der Waals surface area contributed by atoms with Crippen molar-refractivity contribution in [2.45, 2.75) is 32.1 Å². The van der Waals surface area contributed by atoms with Crippen molar-refractivity contribution in [1.29, 1.82) is 0 Å². The van der Waals surface area contributed by atoms with Gasteiger partial charge in [0.15, 0.2) is 5.17 Å². The summed E-state index contributed by atoms with van der Waals surface area (Å²) >= 11 is 8.04. The highest BCUT2D eigenvalue weighted by Crippen LogP contribution is 2.28. The number of rotatable bonds is 3. The Morgan fingerprint density at radius 1 is 1.33 bits per heavy atom. The largest absolute Gasteiger partial charge is 0.358 e. The third-order valence-electron chi connectivity index (χ3n) is 3.13. The van der Waals surface area contributed by atoms with Crippen molar-refractivity contribution in [2.24, 2.45) is 10.9 Å². The molecular weight excluding hydrogens is 264 g/mol. The summed E-state index contributed by atoms with van der Waals surface area (Å²) in [6, 6.07) is 8.14. The molecule has 0 saturated heterocycles. The Hall–Kier alpha value is -0.670. The minimum Gasteiger partial charge on any atom is -0.358 e. The van der Waals surface area contributed by atoms with E-state index >= 15 is 0 Å². The predicted molar refractivity (Wildman–Crippen MR) is 81.5 cm³/mol. The van der Waals surface area contributed by atoms with E-state index in [1.807, 2.05) is 30.0 Å². The van der Waals surface area contributed by atoms with Crippen molar-refractivity contribution in [2.75, 3.05) is 6.54 Å². The van der Waals surface area contributed by atoms with Crippen molar-refractivity contribution in [1.82, 2.24) is 5.32 Å². The quantitative estimate of drug-likeness (QED) is 0.902. The van der Waals surface area contributed by atoms with Gasteiger partial charge in [-0.3, -0.25) is 4.99 Å². The van der Waals surface area contributed by atoms with Crippen LogP contribution in [0.1, 0.15) is 32.4 Å². The Balaban J connectivity index is 1.97. The molecule has 0 aromatic heterocycles. The first-order valence-electron chi connectivity index (χ1n) is 6.30. The zero-order chi connectivity index (χ0) is 13.1. The molecule has 18 heavy (non-hydrogen) atoms. The van der Waals surface area contributed by atoms with E-state index in [0.717, 1.165) is 22.3 Å². The van der Waals surface area contributed by atoms with Gasteiger partial charge in [0, 0.05) is 10.3 Å². The first-order chi connectivity index (χ1) is 8.58. The van der Waals surface area contributed by atoms with Crippen LogP contribution in [0.2, 0.25) is 5.02 Å². The summed E-state index contributed by atoms with van der Waals surface area (Å²) in [7, 11) is 0. The van der Waals surface area contributed by atoms with Crippen LogP contribution in [-0.4, -0.2) is 17.0 Å². The van der Waals surface area contributed by atoms with Crippen molar-refractivity contribution in [3.05, 3.63) is 34.9 Å². The number of halogens is 1. The van der Waals surface area contributed by atoms with Crippen molar-refractivity contribution in [3.8, 4) is 0 Å². The molecule has 0 radical (unpaired) electrons. The number of benzene rings is 1. The lowest BCUT2D eigenvalue weighted by Crippen LogP contribution is -2.24. The van der Waals surface area contributed by atoms with E-state index in [2.05, 4.69) is 37.1 Å². The zero-order valence-electron chi connectivity index (χ0n) is 11.0. The van der Waals surface area contributed by atoms with Gasteiger partial charge < -0.3 is 5.32 Å². The number of aliphatic imine (C=N–C) groups is 1. The minimum absolute atomic E-state index is 0.191. The molecule has 2 rings (SSSR count). The molecule has 0 aliphatic carbocycles. The summed E-state index contributed by atoms with van der Waals surface area (Å²) in [5.74, 6) is 0.661. The molecule has 1 aromatic carbocycles. The topological polar surface area (TPSA) is 24.4 Å². The Bertz CT molecular complexity index is 445. The van der Waals surface area contributed by atoms with E-state index in [4.69, 9.17) is 11.6 Å². The predicted octanol–water partition coefficient (Wildman–Crippen LogP) is 4.12. The van der Waals surface area contributed by atoms with Gasteiger partial charge in [0.2, 0.25) is 0 Å². The van der Waals surface area contributed by atoms with Crippen LogP contribution in [0.25, 0.3) is 0 Å². The van der Waals surface area contributed by atoms with Crippen LogP contribution >= 0.6 is 23.4 Å². The van der Waals surface area contributed by atoms with Gasteiger partial charge >= 0.3 is 0 Å². The molecule has 0 amide bonds. The second kappa shape index (κ2) is 5.98. The molecule has 4 heteroatoms. The fourth-order valence-electron chi connectivity index (χ4n) is 1.91. The molecule has 0 saturated carbocycles. The van der Waals surface area contributed by atoms with Gasteiger partial charge in [-0.25, -0.2) is 0 Å². The third kappa shape index (κ3) is 3.21. The maximum absolute atomic E-state index is 6.20. The van der Waals surface area contributed by atoms with Gasteiger partial charge in [0.25, 0.3) is 0 Å². The molecule has 2 nitrogen and oxygen atoms in total. The minimum atomic E-state index is 0.191. The molecule has 0 fully saturated rings. The summed E-state index contributed by atoms with van der Waals surface area (Å²) in [5.41, 5.74) is 1.12. The lowest BCUT2D eigenvalue weighted by Gasteiger charge is -2.17. The maximum Gasteiger partial charge on any atom is 0.157 e. The fraction of sp³-hybridized carbons (Fsp3) is 0.500. The van der Waals surface area contributed by atoms with Gasteiger partial charge in [-0.15, -0.1) is 0 Å². The van der Waals surface area contributed by atoms with Crippen LogP contribution < -0.4 is 5.32 Å². The van der Waals surface area contributed by atoms with Gasteiger partial charge in [-0.2, -0.15) is 0 Å². The Morgan fingerprint density at radius 3 is 2.67 bits per heavy atom. The lowest BCUT2D eigenvalue weighted by molar-refractivity contribution is 0.621. The normalized spacial score (nSPS) is 20.9. The van der Waals surface area contributed by atoms with Crippen LogP contribution in [0.4, 0.5) is 0 Å². The summed E-state index contributed by atoms with van der Waals surface area (Å²) < 4.78 is 0. The summed E-state index contributed by atoms with van der Waals surface area (Å²) in [6.07, 6.45) is 0. The number of nitrogens with one attached hydrogen (secondary N) is 1. The summed E-state index contributed by atoms with van der Waals surface area (Å²) in [5, 5.41) is 5.90. The fourth-order valence-corrected chi connectivity index (χ4v) is 3.31. The Kier molecular flexibility index (Phi) is 4.57. The molecule has 2 unspecified atom stereocenters. The molecule has 0 bridgehead atoms. The molecule has 1 aliphatic rings. The number of thioether (sulfide) groups is 1. The van der Waals surface area contributed by atoms with Crippen molar-refractivity contribution >= 4 is 28.5 Å². The van der Waals surface area contributed by atoms with Gasteiger partial charge in [-0.05, 0) is 24.5 Å². The Labute approximate surface area is 118 Å². The van der Waals surface area contributed by atoms with Crippen LogP contribution in [-0.2, 0) is 0 Å². The van der Waals surface area contributed by atoms with E-state index < -0.39 is 0 Å². The smallest absolute Gasteiger partial charge is 0.157 e. The highest BCUT2D eigenvalue weighted by Gasteiger charge is 2.23. The third-order valence-corrected chi connectivity index (χ3v) is 4.94. The number of nitrogens with zero attached hydrogens (tertiary/aromatic N) is 1. The van der Waals surface area contributed by atoms with E-state index in [1.165, 1.54) is 0 Å². The second-order valence-electron chi connectivity index (χ2n) is 4.93. The van der Waals surface area contributed by atoms with Crippen LogP contribution in [0.15, 0.2) is 29.3 Å². The van der Waals surface area contributed by atoms with Crippen LogP contribution in [0, 0.1) is 5.92 Å². The number of hydrogen-bond donors (Lipinski definition) is 1. The SMILES string of the molecule is CC(NC1=NCC(C(C)C)S1)c1ccccc1Cl. The van der Waals surface area contributed by atoms with E-state index in [1.54, 1.807) is 0 Å². The monoisotopic (exact) mass is 282 g/mol. The molecule has 1 N–H and O–H groups in total. The summed E-state index contributed by atoms with van der Waals surface area (Å²) in [6.45, 7) is 7.52. The lowest BCUT2D eigenvalue weighted by atomic mass is 10.1. The highest BCUT2D eigenvalue weighted by atomic mass is 35.5. The van der Waals surface area contributed by atoms with E-state index in [-0.39, 0.29) is 6.04 Å². The molecule has 1 heterocycles. The molecule has 2 atom stereocenters. The molecule has 1 aliphatic heterocycles. The van der Waals surface area contributed by atoms with Crippen molar-refractivity contribution in [3.63, 3.8) is 0 Å². The van der Waals surface area contributed by atoms with E-state index in [0.29, 0.717) is 11.2 Å². The van der Waals surface area contributed by atoms with E-state index in [9.17, 15) is 0 Å². The number of amidine groups is 1. The first kappa shape index (κ1) is 13.8. The molecule has 0 spiro atoms. The van der Waals surface area contributed by atoms with Crippen LogP contribution in [0.5, 0.6) is 0 Å². The van der Waals surface area contributed by atoms with Gasteiger partial charge in [-0.1, -0.05) is 55.4 Å².